The number of rotatable bonds is 2. The second kappa shape index (κ2) is 3.45. The maximum absolute atomic E-state index is 11.5. The number of nitrogens with one attached hydrogen (secondary N) is 1. The highest BCUT2D eigenvalue weighted by Crippen LogP contribution is 2.20. The summed E-state index contributed by atoms with van der Waals surface area (Å²) >= 11 is 0. The Hall–Kier alpha value is -0.940. The molecule has 0 aliphatic rings. The van der Waals surface area contributed by atoms with Gasteiger partial charge in [-0.25, -0.2) is 4.79 Å². The van der Waals surface area contributed by atoms with Gasteiger partial charge in [0.25, 0.3) is 0 Å². The first-order valence-corrected chi connectivity index (χ1v) is 2.87. The zero-order valence-electron chi connectivity index (χ0n) is 5.77. The summed E-state index contributed by atoms with van der Waals surface area (Å²) in [5, 5.41) is 9.70. The van der Waals surface area contributed by atoms with E-state index in [9.17, 15) is 18.0 Å². The summed E-state index contributed by atoms with van der Waals surface area (Å²) in [4.78, 5) is 9.82. The van der Waals surface area contributed by atoms with Gasteiger partial charge in [-0.2, -0.15) is 13.2 Å². The molecule has 0 aromatic carbocycles. The van der Waals surface area contributed by atoms with Crippen molar-refractivity contribution in [2.45, 2.75) is 25.6 Å². The molecule has 1 atom stereocenters. The van der Waals surface area contributed by atoms with E-state index in [-0.39, 0.29) is 0 Å². The van der Waals surface area contributed by atoms with E-state index in [0.717, 1.165) is 6.92 Å². The molecule has 0 fully saturated rings. The number of alkyl halides is 3. The van der Waals surface area contributed by atoms with Crippen LogP contribution in [0.5, 0.6) is 0 Å². The molecule has 1 unspecified atom stereocenters. The van der Waals surface area contributed by atoms with Crippen LogP contribution in [0.4, 0.5) is 18.0 Å². The van der Waals surface area contributed by atoms with Gasteiger partial charge in [-0.05, 0) is 6.92 Å². The second-order valence-corrected chi connectivity index (χ2v) is 2.17. The molecule has 1 amide bonds. The van der Waals surface area contributed by atoms with Crippen molar-refractivity contribution < 1.29 is 23.1 Å². The summed E-state index contributed by atoms with van der Waals surface area (Å²) in [6, 6.07) is -1.09. The Morgan fingerprint density at radius 2 is 2.09 bits per heavy atom. The van der Waals surface area contributed by atoms with Crippen molar-refractivity contribution in [3.8, 4) is 0 Å². The Labute approximate surface area is 61.2 Å². The normalized spacial score (nSPS) is 14.2. The molecule has 0 heterocycles. The van der Waals surface area contributed by atoms with E-state index in [1.165, 1.54) is 0 Å². The molecule has 6 heteroatoms. The van der Waals surface area contributed by atoms with Gasteiger partial charge in [0.05, 0.1) is 6.42 Å². The van der Waals surface area contributed by atoms with Crippen molar-refractivity contribution >= 4 is 6.09 Å². The Balaban J connectivity index is 3.69. The third-order valence-electron chi connectivity index (χ3n) is 0.908. The van der Waals surface area contributed by atoms with Crippen LogP contribution in [0.3, 0.4) is 0 Å². The van der Waals surface area contributed by atoms with Gasteiger partial charge in [-0.1, -0.05) is 0 Å². The van der Waals surface area contributed by atoms with Gasteiger partial charge in [0.1, 0.15) is 0 Å². The molecule has 0 saturated heterocycles. The Morgan fingerprint density at radius 3 is 2.36 bits per heavy atom. The molecule has 0 radical (unpaired) electrons. The van der Waals surface area contributed by atoms with E-state index in [1.807, 2.05) is 0 Å². The molecule has 0 rings (SSSR count). The van der Waals surface area contributed by atoms with Crippen LogP contribution in [-0.4, -0.2) is 23.4 Å². The zero-order valence-corrected chi connectivity index (χ0v) is 5.77. The lowest BCUT2D eigenvalue weighted by Gasteiger charge is -2.12. The number of amides is 1. The van der Waals surface area contributed by atoms with Crippen LogP contribution in [0.2, 0.25) is 0 Å². The summed E-state index contributed by atoms with van der Waals surface area (Å²) in [7, 11) is 0. The number of halogens is 3. The predicted molar refractivity (Wildman–Crippen MR) is 31.3 cm³/mol. The van der Waals surface area contributed by atoms with Gasteiger partial charge in [0.2, 0.25) is 0 Å². The van der Waals surface area contributed by atoms with Gasteiger partial charge >= 0.3 is 12.3 Å². The van der Waals surface area contributed by atoms with Gasteiger partial charge in [-0.3, -0.25) is 0 Å². The number of hydrogen-bond donors (Lipinski definition) is 2. The molecule has 11 heavy (non-hydrogen) atoms. The van der Waals surface area contributed by atoms with E-state index >= 15 is 0 Å². The highest BCUT2D eigenvalue weighted by Gasteiger charge is 2.30. The topological polar surface area (TPSA) is 49.3 Å². The standard InChI is InChI=1S/C5H8F3NO2/c1-3(9-4(10)11)2-5(6,7)8/h3,9H,2H2,1H3,(H,10,11). The highest BCUT2D eigenvalue weighted by molar-refractivity contribution is 5.64. The van der Waals surface area contributed by atoms with Crippen molar-refractivity contribution in [2.75, 3.05) is 0 Å². The average molecular weight is 171 g/mol. The lowest BCUT2D eigenvalue weighted by molar-refractivity contribution is -0.138. The van der Waals surface area contributed by atoms with Gasteiger partial charge in [0.15, 0.2) is 0 Å². The quantitative estimate of drug-likeness (QED) is 0.662. The fraction of sp³-hybridized carbons (Fsp3) is 0.800. The Kier molecular flexibility index (Phi) is 3.16. The van der Waals surface area contributed by atoms with E-state index < -0.39 is 24.7 Å². The first kappa shape index (κ1) is 10.1. The van der Waals surface area contributed by atoms with E-state index in [0.29, 0.717) is 0 Å². The lowest BCUT2D eigenvalue weighted by Crippen LogP contribution is -2.34. The first-order chi connectivity index (χ1) is 4.81. The minimum Gasteiger partial charge on any atom is -0.465 e. The minimum absolute atomic E-state index is 1.09. The van der Waals surface area contributed by atoms with Crippen LogP contribution in [-0.2, 0) is 0 Å². The van der Waals surface area contributed by atoms with Gasteiger partial charge in [0, 0.05) is 6.04 Å². The van der Waals surface area contributed by atoms with Crippen molar-refractivity contribution in [3.63, 3.8) is 0 Å². The molecular weight excluding hydrogens is 163 g/mol. The number of carbonyl (C=O) groups is 1. The smallest absolute Gasteiger partial charge is 0.404 e. The summed E-state index contributed by atoms with van der Waals surface area (Å²) in [5.41, 5.74) is 0. The van der Waals surface area contributed by atoms with Crippen LogP contribution in [0, 0.1) is 0 Å². The maximum Gasteiger partial charge on any atom is 0.404 e. The molecule has 0 aliphatic carbocycles. The second-order valence-electron chi connectivity index (χ2n) is 2.17. The van der Waals surface area contributed by atoms with Gasteiger partial charge < -0.3 is 10.4 Å². The summed E-state index contributed by atoms with van der Waals surface area (Å²) in [6.07, 6.45) is -6.90. The largest absolute Gasteiger partial charge is 0.465 e. The van der Waals surface area contributed by atoms with Crippen molar-refractivity contribution in [3.05, 3.63) is 0 Å². The maximum atomic E-state index is 11.5. The van der Waals surface area contributed by atoms with Crippen molar-refractivity contribution in [1.82, 2.24) is 5.32 Å². The molecule has 0 aliphatic heterocycles. The zero-order chi connectivity index (χ0) is 9.07. The predicted octanol–water partition coefficient (Wildman–Crippen LogP) is 1.59. The summed E-state index contributed by atoms with van der Waals surface area (Å²) in [5.74, 6) is 0. The van der Waals surface area contributed by atoms with Crippen molar-refractivity contribution in [2.24, 2.45) is 0 Å². The molecule has 0 spiro atoms. The molecular formula is C5H8F3NO2. The molecule has 0 aromatic rings. The van der Waals surface area contributed by atoms with E-state index in [2.05, 4.69) is 0 Å². The average Bonchev–Trinajstić information content (AvgIpc) is 1.53. The molecule has 3 nitrogen and oxygen atoms in total. The molecule has 0 saturated carbocycles. The Morgan fingerprint density at radius 1 is 1.64 bits per heavy atom. The molecule has 2 N–H and O–H groups in total. The number of carboxylic acid groups (broad SMARTS) is 1. The number of hydrogen-bond acceptors (Lipinski definition) is 1. The van der Waals surface area contributed by atoms with Crippen LogP contribution in [0.15, 0.2) is 0 Å². The van der Waals surface area contributed by atoms with Crippen LogP contribution < -0.4 is 5.32 Å². The fourth-order valence-corrected chi connectivity index (χ4v) is 0.609. The Bertz CT molecular complexity index is 145. The minimum atomic E-state index is -4.32. The third-order valence-corrected chi connectivity index (χ3v) is 0.908. The molecule has 0 bridgehead atoms. The SMILES string of the molecule is CC(CC(F)(F)F)NC(=O)O. The molecule has 0 aromatic heterocycles. The van der Waals surface area contributed by atoms with Crippen LogP contribution >= 0.6 is 0 Å². The lowest BCUT2D eigenvalue weighted by atomic mass is 10.2. The van der Waals surface area contributed by atoms with E-state index in [1.54, 1.807) is 5.32 Å². The summed E-state index contributed by atoms with van der Waals surface area (Å²) < 4.78 is 34.6. The van der Waals surface area contributed by atoms with Gasteiger partial charge in [-0.15, -0.1) is 0 Å². The molecule has 66 valence electrons. The van der Waals surface area contributed by atoms with Crippen LogP contribution in [0.1, 0.15) is 13.3 Å². The first-order valence-electron chi connectivity index (χ1n) is 2.87. The van der Waals surface area contributed by atoms with Crippen molar-refractivity contribution in [1.29, 1.82) is 0 Å². The fourth-order valence-electron chi connectivity index (χ4n) is 0.609. The monoisotopic (exact) mass is 171 g/mol. The highest BCUT2D eigenvalue weighted by atomic mass is 19.4. The van der Waals surface area contributed by atoms with Crippen LogP contribution in [0.25, 0.3) is 0 Å². The summed E-state index contributed by atoms with van der Waals surface area (Å²) in [6.45, 7) is 1.15. The van der Waals surface area contributed by atoms with E-state index in [4.69, 9.17) is 5.11 Å². The third kappa shape index (κ3) is 6.95.